The Morgan fingerprint density at radius 3 is 2.53 bits per heavy atom. The topological polar surface area (TPSA) is 89.6 Å². The summed E-state index contributed by atoms with van der Waals surface area (Å²) in [6.07, 6.45) is 1.08. The summed E-state index contributed by atoms with van der Waals surface area (Å²) >= 11 is 0. The highest BCUT2D eigenvalue weighted by Crippen LogP contribution is 2.57. The lowest BCUT2D eigenvalue weighted by molar-refractivity contribution is -0.149. The van der Waals surface area contributed by atoms with Crippen molar-refractivity contribution in [3.8, 4) is 5.75 Å². The summed E-state index contributed by atoms with van der Waals surface area (Å²) in [7, 11) is 0. The summed E-state index contributed by atoms with van der Waals surface area (Å²) in [5.41, 5.74) is 4.92. The molecule has 19 heavy (non-hydrogen) atoms. The molecule has 1 fully saturated rings. The Kier molecular flexibility index (Phi) is 3.46. The number of carbonyl (C=O) groups excluding carboxylic acids is 2. The van der Waals surface area contributed by atoms with Crippen molar-refractivity contribution in [1.29, 1.82) is 0 Å². The largest absolute Gasteiger partial charge is 0.508 e. The number of rotatable bonds is 5. The smallest absolute Gasteiger partial charge is 0.314 e. The number of esters is 1. The number of ether oxygens (including phenoxy) is 1. The van der Waals surface area contributed by atoms with Gasteiger partial charge in [-0.25, -0.2) is 0 Å². The minimum absolute atomic E-state index is 0.0203. The SMILES string of the molecule is CCOC(=O)C(c1ccccc1O)C1(C(N)=O)CC1. The molecule has 0 heterocycles. The first-order valence-electron chi connectivity index (χ1n) is 6.27. The summed E-state index contributed by atoms with van der Waals surface area (Å²) in [5.74, 6) is -1.88. The lowest BCUT2D eigenvalue weighted by Gasteiger charge is -2.23. The van der Waals surface area contributed by atoms with Crippen LogP contribution in [0.15, 0.2) is 24.3 Å². The molecule has 0 aliphatic heterocycles. The number of amides is 1. The number of hydrogen-bond donors (Lipinski definition) is 2. The third-order valence-electron chi connectivity index (χ3n) is 3.60. The minimum Gasteiger partial charge on any atom is -0.508 e. The van der Waals surface area contributed by atoms with E-state index in [-0.39, 0.29) is 12.4 Å². The van der Waals surface area contributed by atoms with Gasteiger partial charge in [-0.15, -0.1) is 0 Å². The quantitative estimate of drug-likeness (QED) is 0.784. The molecule has 0 aromatic heterocycles. The van der Waals surface area contributed by atoms with Crippen LogP contribution in [0.3, 0.4) is 0 Å². The van der Waals surface area contributed by atoms with Crippen molar-refractivity contribution >= 4 is 11.9 Å². The molecule has 1 saturated carbocycles. The van der Waals surface area contributed by atoms with E-state index >= 15 is 0 Å². The molecule has 3 N–H and O–H groups in total. The van der Waals surface area contributed by atoms with Gasteiger partial charge in [0.05, 0.1) is 17.9 Å². The summed E-state index contributed by atoms with van der Waals surface area (Å²) in [5, 5.41) is 9.91. The lowest BCUT2D eigenvalue weighted by Crippen LogP contribution is -2.35. The van der Waals surface area contributed by atoms with Gasteiger partial charge in [0.25, 0.3) is 0 Å². The second kappa shape index (κ2) is 4.91. The first kappa shape index (κ1) is 13.4. The number of phenolic OH excluding ortho intramolecular Hbond substituents is 1. The first-order valence-corrected chi connectivity index (χ1v) is 6.27. The molecule has 1 aromatic carbocycles. The molecular weight excluding hydrogens is 246 g/mol. The third kappa shape index (κ3) is 2.28. The van der Waals surface area contributed by atoms with Crippen LogP contribution < -0.4 is 5.73 Å². The van der Waals surface area contributed by atoms with E-state index in [4.69, 9.17) is 10.5 Å². The van der Waals surface area contributed by atoms with Gasteiger partial charge in [0, 0.05) is 5.56 Å². The number of hydrogen-bond acceptors (Lipinski definition) is 4. The molecule has 1 unspecified atom stereocenters. The van der Waals surface area contributed by atoms with E-state index in [0.29, 0.717) is 18.4 Å². The minimum atomic E-state index is -0.912. The molecule has 5 heteroatoms. The summed E-state index contributed by atoms with van der Waals surface area (Å²) in [4.78, 5) is 23.8. The maximum absolute atomic E-state index is 12.1. The van der Waals surface area contributed by atoms with Crippen LogP contribution >= 0.6 is 0 Å². The Hall–Kier alpha value is -2.04. The molecule has 1 amide bonds. The van der Waals surface area contributed by atoms with Gasteiger partial charge in [0.1, 0.15) is 5.75 Å². The highest BCUT2D eigenvalue weighted by Gasteiger charge is 2.59. The maximum atomic E-state index is 12.1. The van der Waals surface area contributed by atoms with Crippen LogP contribution in [0.2, 0.25) is 0 Å². The zero-order valence-corrected chi connectivity index (χ0v) is 10.8. The average Bonchev–Trinajstić information content (AvgIpc) is 3.14. The Balaban J connectivity index is 2.44. The van der Waals surface area contributed by atoms with E-state index in [9.17, 15) is 14.7 Å². The van der Waals surface area contributed by atoms with E-state index in [2.05, 4.69) is 0 Å². The molecule has 0 saturated heterocycles. The predicted molar refractivity (Wildman–Crippen MR) is 68.3 cm³/mol. The fourth-order valence-corrected chi connectivity index (χ4v) is 2.42. The van der Waals surface area contributed by atoms with Gasteiger partial charge in [0.15, 0.2) is 0 Å². The van der Waals surface area contributed by atoms with Gasteiger partial charge < -0.3 is 15.6 Å². The van der Waals surface area contributed by atoms with Gasteiger partial charge in [-0.3, -0.25) is 9.59 Å². The number of nitrogens with two attached hydrogens (primary N) is 1. The number of phenols is 1. The summed E-state index contributed by atoms with van der Waals surface area (Å²) in [6.45, 7) is 1.92. The fraction of sp³-hybridized carbons (Fsp3) is 0.429. The van der Waals surface area contributed by atoms with Crippen molar-refractivity contribution in [3.05, 3.63) is 29.8 Å². The van der Waals surface area contributed by atoms with Crippen LogP contribution in [0.5, 0.6) is 5.75 Å². The second-order valence-corrected chi connectivity index (χ2v) is 4.76. The first-order chi connectivity index (χ1) is 9.03. The average molecular weight is 263 g/mol. The van der Waals surface area contributed by atoms with E-state index in [1.54, 1.807) is 25.1 Å². The second-order valence-electron chi connectivity index (χ2n) is 4.76. The Morgan fingerprint density at radius 2 is 2.05 bits per heavy atom. The highest BCUT2D eigenvalue weighted by atomic mass is 16.5. The van der Waals surface area contributed by atoms with Gasteiger partial charge in [-0.1, -0.05) is 18.2 Å². The summed E-state index contributed by atoms with van der Waals surface area (Å²) < 4.78 is 5.03. The lowest BCUT2D eigenvalue weighted by atomic mass is 9.82. The van der Waals surface area contributed by atoms with Crippen LogP contribution in [0.4, 0.5) is 0 Å². The van der Waals surface area contributed by atoms with Crippen LogP contribution in [-0.2, 0) is 14.3 Å². The standard InChI is InChI=1S/C14H17NO4/c1-2-19-12(17)11(14(7-8-14)13(15)18)9-5-3-4-6-10(9)16/h3-6,11,16H,2,7-8H2,1H3,(H2,15,18). The maximum Gasteiger partial charge on any atom is 0.314 e. The Morgan fingerprint density at radius 1 is 1.42 bits per heavy atom. The number of aromatic hydroxyl groups is 1. The molecule has 0 bridgehead atoms. The highest BCUT2D eigenvalue weighted by molar-refractivity contribution is 5.93. The zero-order valence-electron chi connectivity index (χ0n) is 10.8. The third-order valence-corrected chi connectivity index (χ3v) is 3.60. The van der Waals surface area contributed by atoms with Crippen molar-refractivity contribution in [1.82, 2.24) is 0 Å². The van der Waals surface area contributed by atoms with Gasteiger partial charge in [-0.05, 0) is 25.8 Å². The van der Waals surface area contributed by atoms with Crippen LogP contribution in [0, 0.1) is 5.41 Å². The van der Waals surface area contributed by atoms with Gasteiger partial charge in [-0.2, -0.15) is 0 Å². The number of carbonyl (C=O) groups is 2. The number of para-hydroxylation sites is 1. The number of benzene rings is 1. The van der Waals surface area contributed by atoms with E-state index in [1.807, 2.05) is 0 Å². The number of primary amides is 1. The van der Waals surface area contributed by atoms with Gasteiger partial charge >= 0.3 is 5.97 Å². The monoisotopic (exact) mass is 263 g/mol. The Bertz CT molecular complexity index is 508. The molecule has 2 rings (SSSR count). The predicted octanol–water partition coefficient (Wildman–Crippen LogP) is 1.30. The summed E-state index contributed by atoms with van der Waals surface area (Å²) in [6, 6.07) is 6.47. The van der Waals surface area contributed by atoms with Crippen LogP contribution in [0.1, 0.15) is 31.2 Å². The van der Waals surface area contributed by atoms with Crippen molar-refractivity contribution < 1.29 is 19.4 Å². The molecule has 0 radical (unpaired) electrons. The molecule has 5 nitrogen and oxygen atoms in total. The molecule has 1 aliphatic carbocycles. The molecule has 0 spiro atoms. The zero-order chi connectivity index (χ0) is 14.0. The molecule has 1 aromatic rings. The van der Waals surface area contributed by atoms with E-state index in [0.717, 1.165) is 0 Å². The van der Waals surface area contributed by atoms with Crippen molar-refractivity contribution in [3.63, 3.8) is 0 Å². The normalized spacial score (nSPS) is 17.5. The molecule has 1 atom stereocenters. The molecule has 102 valence electrons. The molecular formula is C14H17NO4. The van der Waals surface area contributed by atoms with Crippen molar-refractivity contribution in [2.45, 2.75) is 25.7 Å². The van der Waals surface area contributed by atoms with Gasteiger partial charge in [0.2, 0.25) is 5.91 Å². The fourth-order valence-electron chi connectivity index (χ4n) is 2.42. The van der Waals surface area contributed by atoms with E-state index < -0.39 is 23.2 Å². The van der Waals surface area contributed by atoms with Crippen molar-refractivity contribution in [2.24, 2.45) is 11.1 Å². The van der Waals surface area contributed by atoms with E-state index in [1.165, 1.54) is 6.07 Å². The molecule has 1 aliphatic rings. The van der Waals surface area contributed by atoms with Crippen molar-refractivity contribution in [2.75, 3.05) is 6.61 Å². The van der Waals surface area contributed by atoms with Crippen LogP contribution in [0.25, 0.3) is 0 Å². The van der Waals surface area contributed by atoms with Crippen LogP contribution in [-0.4, -0.2) is 23.6 Å². The Labute approximate surface area is 111 Å².